The first-order valence-corrected chi connectivity index (χ1v) is 12.9. The molecule has 12 heteroatoms. The SMILES string of the molecule is CS(=O)(=O)Nc1cc(C(O)CNCCOc2ccc(-c3ccc(C(=O)O)c(C(=O)O)c3)cc2)ccc1O. The van der Waals surface area contributed by atoms with Crippen LogP contribution in [0.4, 0.5) is 5.69 Å². The number of sulfonamides is 1. The number of phenols is 1. The topological polar surface area (TPSA) is 182 Å². The molecule has 3 aromatic carbocycles. The summed E-state index contributed by atoms with van der Waals surface area (Å²) in [5.41, 5.74) is 1.04. The fourth-order valence-electron chi connectivity index (χ4n) is 3.47. The molecule has 1 atom stereocenters. The summed E-state index contributed by atoms with van der Waals surface area (Å²) in [6.45, 7) is 0.826. The Balaban J connectivity index is 1.51. The first kappa shape index (κ1) is 27.5. The Bertz CT molecular complexity index is 1390. The van der Waals surface area contributed by atoms with Gasteiger partial charge in [0.05, 0.1) is 29.2 Å². The van der Waals surface area contributed by atoms with Crippen LogP contribution in [0.25, 0.3) is 11.1 Å². The maximum absolute atomic E-state index is 11.4. The molecule has 0 aliphatic heterocycles. The van der Waals surface area contributed by atoms with E-state index in [9.17, 15) is 33.3 Å². The van der Waals surface area contributed by atoms with Crippen LogP contribution >= 0.6 is 0 Å². The van der Waals surface area contributed by atoms with E-state index in [-0.39, 0.29) is 35.7 Å². The molecule has 0 radical (unpaired) electrons. The Hall–Kier alpha value is -4.13. The molecule has 0 aliphatic rings. The maximum atomic E-state index is 11.4. The van der Waals surface area contributed by atoms with Gasteiger partial charge in [-0.3, -0.25) is 4.72 Å². The van der Waals surface area contributed by atoms with Crippen LogP contribution in [0.2, 0.25) is 0 Å². The second kappa shape index (κ2) is 11.7. The number of nitrogens with one attached hydrogen (secondary N) is 2. The average molecular weight is 531 g/mol. The van der Waals surface area contributed by atoms with Gasteiger partial charge in [-0.15, -0.1) is 0 Å². The van der Waals surface area contributed by atoms with Crippen LogP contribution in [0.1, 0.15) is 32.4 Å². The molecule has 0 heterocycles. The largest absolute Gasteiger partial charge is 0.506 e. The fourth-order valence-corrected chi connectivity index (χ4v) is 4.03. The van der Waals surface area contributed by atoms with Gasteiger partial charge in [0, 0.05) is 13.1 Å². The summed E-state index contributed by atoms with van der Waals surface area (Å²) in [5.74, 6) is -2.34. The van der Waals surface area contributed by atoms with Gasteiger partial charge >= 0.3 is 11.9 Å². The van der Waals surface area contributed by atoms with Crippen LogP contribution < -0.4 is 14.8 Å². The highest BCUT2D eigenvalue weighted by atomic mass is 32.2. The lowest BCUT2D eigenvalue weighted by Crippen LogP contribution is -2.26. The standard InChI is InChI=1S/C25H26N2O9S/c1-37(34,35)27-21-13-17(5-9-22(21)28)23(29)14-26-10-11-36-18-6-2-15(3-7-18)16-4-8-19(24(30)31)20(12-16)25(32)33/h2-9,12-13,23,26-29H,10-11,14H2,1H3,(H,30,31)(H,32,33). The smallest absolute Gasteiger partial charge is 0.336 e. The van der Waals surface area contributed by atoms with Crippen molar-refractivity contribution in [2.75, 3.05) is 30.7 Å². The Morgan fingerprint density at radius 2 is 1.57 bits per heavy atom. The van der Waals surface area contributed by atoms with Crippen molar-refractivity contribution in [2.24, 2.45) is 0 Å². The van der Waals surface area contributed by atoms with Crippen molar-refractivity contribution in [1.82, 2.24) is 5.32 Å². The maximum Gasteiger partial charge on any atom is 0.336 e. The van der Waals surface area contributed by atoms with E-state index < -0.39 is 28.1 Å². The van der Waals surface area contributed by atoms with Gasteiger partial charge in [-0.05, 0) is 53.1 Å². The van der Waals surface area contributed by atoms with Crippen LogP contribution in [0.3, 0.4) is 0 Å². The lowest BCUT2D eigenvalue weighted by atomic mass is 9.99. The Kier molecular flexibility index (Phi) is 8.71. The molecule has 196 valence electrons. The highest BCUT2D eigenvalue weighted by Gasteiger charge is 2.17. The number of aliphatic hydroxyl groups is 1. The van der Waals surface area contributed by atoms with Gasteiger partial charge in [-0.25, -0.2) is 18.0 Å². The van der Waals surface area contributed by atoms with Crippen LogP contribution in [0.15, 0.2) is 60.7 Å². The van der Waals surface area contributed by atoms with Crippen molar-refractivity contribution >= 4 is 27.6 Å². The lowest BCUT2D eigenvalue weighted by molar-refractivity contribution is 0.0651. The zero-order chi connectivity index (χ0) is 27.2. The van der Waals surface area contributed by atoms with Crippen LogP contribution in [0.5, 0.6) is 11.5 Å². The third-order valence-corrected chi connectivity index (χ3v) is 5.84. The van der Waals surface area contributed by atoms with Crippen molar-refractivity contribution in [3.05, 3.63) is 77.4 Å². The van der Waals surface area contributed by atoms with Gasteiger partial charge in [-0.2, -0.15) is 0 Å². The minimum atomic E-state index is -3.59. The molecule has 0 amide bonds. The second-order valence-corrected chi connectivity index (χ2v) is 9.86. The van der Waals surface area contributed by atoms with Crippen LogP contribution in [0, 0.1) is 0 Å². The molecule has 0 spiro atoms. The molecule has 37 heavy (non-hydrogen) atoms. The van der Waals surface area contributed by atoms with Gasteiger partial charge in [-0.1, -0.05) is 24.3 Å². The lowest BCUT2D eigenvalue weighted by Gasteiger charge is -2.15. The first-order chi connectivity index (χ1) is 17.4. The number of anilines is 1. The third-order valence-electron chi connectivity index (χ3n) is 5.25. The number of hydrogen-bond donors (Lipinski definition) is 6. The fraction of sp³-hybridized carbons (Fsp3) is 0.200. The summed E-state index contributed by atoms with van der Waals surface area (Å²) in [4.78, 5) is 22.6. The summed E-state index contributed by atoms with van der Waals surface area (Å²) in [7, 11) is -3.59. The summed E-state index contributed by atoms with van der Waals surface area (Å²) < 4.78 is 30.7. The van der Waals surface area contributed by atoms with Crippen molar-refractivity contribution in [3.63, 3.8) is 0 Å². The highest BCUT2D eigenvalue weighted by molar-refractivity contribution is 7.92. The van der Waals surface area contributed by atoms with Gasteiger partial charge in [0.15, 0.2) is 0 Å². The van der Waals surface area contributed by atoms with Gasteiger partial charge in [0.25, 0.3) is 0 Å². The molecule has 3 rings (SSSR count). The number of rotatable bonds is 12. The van der Waals surface area contributed by atoms with E-state index in [0.717, 1.165) is 6.26 Å². The van der Waals surface area contributed by atoms with E-state index in [1.807, 2.05) is 0 Å². The molecule has 6 N–H and O–H groups in total. The molecular formula is C25H26N2O9S. The number of aliphatic hydroxyl groups excluding tert-OH is 1. The first-order valence-electron chi connectivity index (χ1n) is 11.0. The molecule has 0 saturated heterocycles. The molecule has 0 aromatic heterocycles. The van der Waals surface area contributed by atoms with Crippen molar-refractivity contribution in [3.8, 4) is 22.6 Å². The highest BCUT2D eigenvalue weighted by Crippen LogP contribution is 2.28. The predicted octanol–water partition coefficient (Wildman–Crippen LogP) is 2.53. The molecular weight excluding hydrogens is 504 g/mol. The van der Waals surface area contributed by atoms with Crippen molar-refractivity contribution < 1.29 is 43.2 Å². The number of carboxylic acids is 2. The second-order valence-electron chi connectivity index (χ2n) is 8.11. The number of aromatic carboxylic acids is 2. The Labute approximate surface area is 213 Å². The minimum absolute atomic E-state index is 0.0251. The van der Waals surface area contributed by atoms with E-state index in [2.05, 4.69) is 10.0 Å². The van der Waals surface area contributed by atoms with Crippen LogP contribution in [-0.4, -0.2) is 66.7 Å². The number of hydrogen-bond acceptors (Lipinski definition) is 8. The zero-order valence-electron chi connectivity index (χ0n) is 19.7. The van der Waals surface area contributed by atoms with E-state index in [0.29, 0.717) is 29.0 Å². The number of carboxylic acid groups (broad SMARTS) is 2. The summed E-state index contributed by atoms with van der Waals surface area (Å²) in [6.07, 6.45) is 0.00134. The number of aromatic hydroxyl groups is 1. The normalized spacial score (nSPS) is 12.1. The molecule has 0 aliphatic carbocycles. The average Bonchev–Trinajstić information content (AvgIpc) is 2.84. The van der Waals surface area contributed by atoms with Crippen molar-refractivity contribution in [1.29, 1.82) is 0 Å². The molecule has 11 nitrogen and oxygen atoms in total. The summed E-state index contributed by atoms with van der Waals surface area (Å²) in [5, 5.41) is 41.6. The molecule has 0 fully saturated rings. The molecule has 0 bridgehead atoms. The Morgan fingerprint density at radius 3 is 2.19 bits per heavy atom. The quantitative estimate of drug-likeness (QED) is 0.150. The third kappa shape index (κ3) is 7.67. The summed E-state index contributed by atoms with van der Waals surface area (Å²) >= 11 is 0. The van der Waals surface area contributed by atoms with E-state index in [4.69, 9.17) is 9.84 Å². The molecule has 3 aromatic rings. The van der Waals surface area contributed by atoms with E-state index in [1.54, 1.807) is 24.3 Å². The van der Waals surface area contributed by atoms with Gasteiger partial charge in [0.2, 0.25) is 10.0 Å². The summed E-state index contributed by atoms with van der Waals surface area (Å²) in [6, 6.07) is 15.1. The molecule has 1 unspecified atom stereocenters. The minimum Gasteiger partial charge on any atom is -0.506 e. The van der Waals surface area contributed by atoms with Crippen LogP contribution in [-0.2, 0) is 10.0 Å². The monoisotopic (exact) mass is 530 g/mol. The van der Waals surface area contributed by atoms with E-state index >= 15 is 0 Å². The van der Waals surface area contributed by atoms with Gasteiger partial charge in [0.1, 0.15) is 18.1 Å². The van der Waals surface area contributed by atoms with E-state index in [1.165, 1.54) is 36.4 Å². The number of carbonyl (C=O) groups is 2. The number of benzene rings is 3. The number of phenolic OH excluding ortho intramolecular Hbond substituents is 1. The van der Waals surface area contributed by atoms with Crippen molar-refractivity contribution in [2.45, 2.75) is 6.10 Å². The van der Waals surface area contributed by atoms with Gasteiger partial charge < -0.3 is 30.5 Å². The molecule has 0 saturated carbocycles. The zero-order valence-corrected chi connectivity index (χ0v) is 20.5. The number of ether oxygens (including phenoxy) is 1. The predicted molar refractivity (Wildman–Crippen MR) is 136 cm³/mol. The Morgan fingerprint density at radius 1 is 0.919 bits per heavy atom.